The van der Waals surface area contributed by atoms with Crippen LogP contribution in [0.4, 0.5) is 0 Å². The number of hydrogen-bond donors (Lipinski definition) is 1. The Hall–Kier alpha value is -0.120. The number of piperidine rings is 1. The summed E-state index contributed by atoms with van der Waals surface area (Å²) < 4.78 is 5.48. The Labute approximate surface area is 74.3 Å². The zero-order valence-corrected chi connectivity index (χ0v) is 8.05. The number of hydrogen-bond acceptors (Lipinski definition) is 3. The van der Waals surface area contributed by atoms with Crippen LogP contribution in [-0.2, 0) is 4.74 Å². The molecule has 0 radical (unpaired) electrons. The van der Waals surface area contributed by atoms with Gasteiger partial charge in [-0.25, -0.2) is 0 Å². The third-order valence-electron chi connectivity index (χ3n) is 2.90. The monoisotopic (exact) mass is 173 g/mol. The molecule has 0 atom stereocenters. The van der Waals surface area contributed by atoms with E-state index in [0.717, 1.165) is 32.4 Å². The van der Waals surface area contributed by atoms with Gasteiger partial charge < -0.3 is 14.7 Å². The summed E-state index contributed by atoms with van der Waals surface area (Å²) >= 11 is 0. The van der Waals surface area contributed by atoms with Gasteiger partial charge in [0.05, 0.1) is 5.60 Å². The van der Waals surface area contributed by atoms with Crippen molar-refractivity contribution >= 4 is 0 Å². The largest absolute Gasteiger partial charge is 0.396 e. The quantitative estimate of drug-likeness (QED) is 0.674. The summed E-state index contributed by atoms with van der Waals surface area (Å²) in [6.45, 7) is 2.39. The number of aliphatic hydroxyl groups is 1. The molecule has 1 saturated heterocycles. The number of nitrogens with zero attached hydrogens (tertiary/aromatic N) is 1. The fourth-order valence-corrected chi connectivity index (χ4v) is 1.79. The van der Waals surface area contributed by atoms with Crippen LogP contribution in [0.5, 0.6) is 0 Å². The van der Waals surface area contributed by atoms with Crippen molar-refractivity contribution in [3.63, 3.8) is 0 Å². The van der Waals surface area contributed by atoms with Crippen molar-refractivity contribution in [2.24, 2.45) is 0 Å². The molecule has 1 rings (SSSR count). The van der Waals surface area contributed by atoms with Crippen molar-refractivity contribution in [3.8, 4) is 0 Å². The molecule has 3 nitrogen and oxygen atoms in total. The Morgan fingerprint density at radius 2 is 2.00 bits per heavy atom. The molecule has 0 spiro atoms. The lowest BCUT2D eigenvalue weighted by molar-refractivity contribution is -0.0667. The molecule has 1 aliphatic rings. The molecular formula is C9H19NO2. The van der Waals surface area contributed by atoms with Gasteiger partial charge in [-0.15, -0.1) is 0 Å². The summed E-state index contributed by atoms with van der Waals surface area (Å²) in [5.41, 5.74) is -0.0404. The molecule has 72 valence electrons. The first-order valence-electron chi connectivity index (χ1n) is 4.57. The maximum absolute atomic E-state index is 8.89. The van der Waals surface area contributed by atoms with E-state index >= 15 is 0 Å². The highest BCUT2D eigenvalue weighted by Crippen LogP contribution is 2.28. The number of methoxy groups -OCH3 is 1. The van der Waals surface area contributed by atoms with E-state index in [-0.39, 0.29) is 12.2 Å². The fourth-order valence-electron chi connectivity index (χ4n) is 1.79. The Morgan fingerprint density at radius 1 is 1.42 bits per heavy atom. The maximum atomic E-state index is 8.89. The Morgan fingerprint density at radius 3 is 2.42 bits per heavy atom. The van der Waals surface area contributed by atoms with Gasteiger partial charge in [0.15, 0.2) is 0 Å². The molecule has 1 heterocycles. The lowest BCUT2D eigenvalue weighted by atomic mass is 9.88. The Kier molecular flexibility index (Phi) is 3.50. The van der Waals surface area contributed by atoms with Gasteiger partial charge in [-0.3, -0.25) is 0 Å². The molecule has 3 heteroatoms. The lowest BCUT2D eigenvalue weighted by Gasteiger charge is -2.39. The molecule has 0 saturated carbocycles. The topological polar surface area (TPSA) is 32.7 Å². The van der Waals surface area contributed by atoms with E-state index in [1.807, 2.05) is 0 Å². The second-order valence-electron chi connectivity index (χ2n) is 3.66. The van der Waals surface area contributed by atoms with E-state index in [1.54, 1.807) is 7.11 Å². The predicted molar refractivity (Wildman–Crippen MR) is 48.2 cm³/mol. The number of rotatable bonds is 3. The van der Waals surface area contributed by atoms with Crippen molar-refractivity contribution in [1.29, 1.82) is 0 Å². The van der Waals surface area contributed by atoms with Crippen molar-refractivity contribution in [2.45, 2.75) is 24.9 Å². The minimum absolute atomic E-state index is 0.0404. The minimum Gasteiger partial charge on any atom is -0.396 e. The molecular weight excluding hydrogens is 154 g/mol. The van der Waals surface area contributed by atoms with E-state index < -0.39 is 0 Å². The van der Waals surface area contributed by atoms with Gasteiger partial charge >= 0.3 is 0 Å². The van der Waals surface area contributed by atoms with Gasteiger partial charge in [0.2, 0.25) is 0 Å². The van der Waals surface area contributed by atoms with Crippen LogP contribution < -0.4 is 0 Å². The van der Waals surface area contributed by atoms with Crippen LogP contribution in [0, 0.1) is 0 Å². The summed E-state index contributed by atoms with van der Waals surface area (Å²) in [7, 11) is 3.87. The summed E-state index contributed by atoms with van der Waals surface area (Å²) in [5.74, 6) is 0. The highest BCUT2D eigenvalue weighted by molar-refractivity contribution is 4.86. The number of aliphatic hydroxyl groups excluding tert-OH is 1. The standard InChI is InChI=1S/C9H19NO2/c1-10-6-3-9(12-2,4-7-10)5-8-11/h11H,3-8H2,1-2H3. The summed E-state index contributed by atoms with van der Waals surface area (Å²) in [5, 5.41) is 8.89. The highest BCUT2D eigenvalue weighted by atomic mass is 16.5. The average molecular weight is 173 g/mol. The van der Waals surface area contributed by atoms with Gasteiger partial charge in [0, 0.05) is 26.8 Å². The van der Waals surface area contributed by atoms with Gasteiger partial charge in [-0.05, 0) is 26.3 Å². The smallest absolute Gasteiger partial charge is 0.0724 e. The fraction of sp³-hybridized carbons (Fsp3) is 1.00. The van der Waals surface area contributed by atoms with E-state index in [1.165, 1.54) is 0 Å². The number of ether oxygens (including phenoxy) is 1. The lowest BCUT2D eigenvalue weighted by Crippen LogP contribution is -2.44. The second kappa shape index (κ2) is 4.21. The van der Waals surface area contributed by atoms with Gasteiger partial charge in [0.1, 0.15) is 0 Å². The van der Waals surface area contributed by atoms with Crippen LogP contribution >= 0.6 is 0 Å². The SMILES string of the molecule is COC1(CCO)CCN(C)CC1. The first-order valence-corrected chi connectivity index (χ1v) is 4.57. The van der Waals surface area contributed by atoms with Gasteiger partial charge in [-0.1, -0.05) is 0 Å². The normalized spacial score (nSPS) is 24.2. The number of likely N-dealkylation sites (tertiary alicyclic amines) is 1. The van der Waals surface area contributed by atoms with Crippen LogP contribution in [0.25, 0.3) is 0 Å². The third kappa shape index (κ3) is 2.19. The zero-order chi connectivity index (χ0) is 9.03. The molecule has 1 aliphatic heterocycles. The maximum Gasteiger partial charge on any atom is 0.0724 e. The first-order chi connectivity index (χ1) is 5.72. The highest BCUT2D eigenvalue weighted by Gasteiger charge is 2.32. The predicted octanol–water partition coefficient (Wildman–Crippen LogP) is 0.480. The summed E-state index contributed by atoms with van der Waals surface area (Å²) in [6.07, 6.45) is 2.86. The van der Waals surface area contributed by atoms with Crippen molar-refractivity contribution in [3.05, 3.63) is 0 Å². The average Bonchev–Trinajstić information content (AvgIpc) is 2.10. The van der Waals surface area contributed by atoms with Gasteiger partial charge in [-0.2, -0.15) is 0 Å². The molecule has 0 unspecified atom stereocenters. The zero-order valence-electron chi connectivity index (χ0n) is 8.05. The molecule has 0 bridgehead atoms. The first kappa shape index (κ1) is 9.96. The van der Waals surface area contributed by atoms with E-state index in [2.05, 4.69) is 11.9 Å². The third-order valence-corrected chi connectivity index (χ3v) is 2.90. The Bertz CT molecular complexity index is 130. The Balaban J connectivity index is 2.45. The molecule has 0 aromatic carbocycles. The molecule has 0 amide bonds. The van der Waals surface area contributed by atoms with Crippen molar-refractivity contribution in [2.75, 3.05) is 33.9 Å². The second-order valence-corrected chi connectivity index (χ2v) is 3.66. The molecule has 1 fully saturated rings. The molecule has 0 aliphatic carbocycles. The summed E-state index contributed by atoms with van der Waals surface area (Å²) in [6, 6.07) is 0. The van der Waals surface area contributed by atoms with E-state index in [4.69, 9.17) is 9.84 Å². The van der Waals surface area contributed by atoms with Crippen LogP contribution in [0.15, 0.2) is 0 Å². The van der Waals surface area contributed by atoms with E-state index in [9.17, 15) is 0 Å². The van der Waals surface area contributed by atoms with Crippen LogP contribution in [-0.4, -0.2) is 49.5 Å². The minimum atomic E-state index is -0.0404. The molecule has 1 N–H and O–H groups in total. The molecule has 0 aromatic heterocycles. The van der Waals surface area contributed by atoms with Crippen LogP contribution in [0.1, 0.15) is 19.3 Å². The van der Waals surface area contributed by atoms with E-state index in [0.29, 0.717) is 0 Å². The van der Waals surface area contributed by atoms with Crippen LogP contribution in [0.3, 0.4) is 0 Å². The molecule has 0 aromatic rings. The molecule has 12 heavy (non-hydrogen) atoms. The van der Waals surface area contributed by atoms with Crippen molar-refractivity contribution in [1.82, 2.24) is 4.90 Å². The van der Waals surface area contributed by atoms with Gasteiger partial charge in [0.25, 0.3) is 0 Å². The van der Waals surface area contributed by atoms with Crippen molar-refractivity contribution < 1.29 is 9.84 Å². The summed E-state index contributed by atoms with van der Waals surface area (Å²) in [4.78, 5) is 2.30. The van der Waals surface area contributed by atoms with Crippen LogP contribution in [0.2, 0.25) is 0 Å².